The summed E-state index contributed by atoms with van der Waals surface area (Å²) < 4.78 is 0. The highest BCUT2D eigenvalue weighted by atomic mass is 16.4. The van der Waals surface area contributed by atoms with Crippen LogP contribution >= 0.6 is 0 Å². The van der Waals surface area contributed by atoms with Crippen molar-refractivity contribution in [3.8, 4) is 0 Å². The minimum absolute atomic E-state index is 0.230. The molecule has 0 heterocycles. The maximum absolute atomic E-state index is 10.9. The topological polar surface area (TPSA) is 74.6 Å². The van der Waals surface area contributed by atoms with E-state index in [4.69, 9.17) is 15.0 Å². The Morgan fingerprint density at radius 2 is 1.74 bits per heavy atom. The molecule has 0 saturated heterocycles. The van der Waals surface area contributed by atoms with E-state index < -0.39 is 11.9 Å². The van der Waals surface area contributed by atoms with Crippen LogP contribution in [-0.2, 0) is 9.59 Å². The van der Waals surface area contributed by atoms with Gasteiger partial charge >= 0.3 is 5.97 Å². The van der Waals surface area contributed by atoms with Gasteiger partial charge in [-0.25, -0.2) is 0 Å². The molecule has 1 fully saturated rings. The van der Waals surface area contributed by atoms with Crippen molar-refractivity contribution < 1.29 is 19.8 Å². The number of carboxylic acid groups (broad SMARTS) is 2. The van der Waals surface area contributed by atoms with Crippen LogP contribution in [-0.4, -0.2) is 22.2 Å². The second kappa shape index (κ2) is 8.32. The number of allylic oxidation sites excluding steroid dienone is 4. The SMILES string of the molecule is CC(=O)O.CC1=CC(CC(=O)O)CC(C)C2CC(=C(C)C)CC12. The van der Waals surface area contributed by atoms with Crippen molar-refractivity contribution in [1.82, 2.24) is 0 Å². The van der Waals surface area contributed by atoms with Crippen LogP contribution in [0.15, 0.2) is 22.8 Å². The highest BCUT2D eigenvalue weighted by Crippen LogP contribution is 2.49. The standard InChI is InChI=1S/C17H26O2.C2H4O2/c1-10(2)14-8-15-11(3)5-13(7-17(18)19)6-12(4)16(15)9-14;1-2(3)4/h5,12-13,15-16H,6-9H2,1-4H3,(H,18,19);1H3,(H,3,4). The number of aliphatic carboxylic acids is 2. The summed E-state index contributed by atoms with van der Waals surface area (Å²) >= 11 is 0. The third-order valence-electron chi connectivity index (χ3n) is 5.10. The van der Waals surface area contributed by atoms with E-state index in [2.05, 4.69) is 33.8 Å². The fourth-order valence-electron chi connectivity index (χ4n) is 4.01. The number of hydrogen-bond donors (Lipinski definition) is 2. The molecule has 2 aliphatic carbocycles. The number of hydrogen-bond acceptors (Lipinski definition) is 2. The van der Waals surface area contributed by atoms with E-state index in [1.807, 2.05) is 0 Å². The Hall–Kier alpha value is -1.58. The smallest absolute Gasteiger partial charge is 0.303 e. The molecule has 0 aromatic heterocycles. The molecule has 2 rings (SSSR count). The first-order valence-electron chi connectivity index (χ1n) is 8.36. The minimum Gasteiger partial charge on any atom is -0.481 e. The molecule has 0 bridgehead atoms. The molecule has 130 valence electrons. The molecule has 23 heavy (non-hydrogen) atoms. The largest absolute Gasteiger partial charge is 0.481 e. The van der Waals surface area contributed by atoms with Gasteiger partial charge < -0.3 is 10.2 Å². The summed E-state index contributed by atoms with van der Waals surface area (Å²) in [4.78, 5) is 19.9. The fourth-order valence-corrected chi connectivity index (χ4v) is 4.01. The van der Waals surface area contributed by atoms with E-state index in [1.165, 1.54) is 24.0 Å². The van der Waals surface area contributed by atoms with E-state index in [9.17, 15) is 4.79 Å². The molecule has 0 aliphatic heterocycles. The van der Waals surface area contributed by atoms with Crippen molar-refractivity contribution in [2.24, 2.45) is 23.7 Å². The first kappa shape index (κ1) is 19.5. The van der Waals surface area contributed by atoms with Crippen LogP contribution in [0.4, 0.5) is 0 Å². The maximum atomic E-state index is 10.9. The molecule has 4 atom stereocenters. The Kier molecular flexibility index (Phi) is 7.04. The molecule has 2 N–H and O–H groups in total. The van der Waals surface area contributed by atoms with E-state index in [1.54, 1.807) is 5.57 Å². The highest BCUT2D eigenvalue weighted by molar-refractivity contribution is 5.67. The Labute approximate surface area is 139 Å². The molecule has 2 aliphatic rings. The van der Waals surface area contributed by atoms with Gasteiger partial charge in [-0.15, -0.1) is 0 Å². The van der Waals surface area contributed by atoms with E-state index in [0.717, 1.165) is 19.3 Å². The van der Waals surface area contributed by atoms with Gasteiger partial charge in [0.1, 0.15) is 0 Å². The summed E-state index contributed by atoms with van der Waals surface area (Å²) in [6, 6.07) is 0. The van der Waals surface area contributed by atoms with Crippen LogP contribution in [0.25, 0.3) is 0 Å². The van der Waals surface area contributed by atoms with Crippen LogP contribution < -0.4 is 0 Å². The molecular weight excluding hydrogens is 292 g/mol. The van der Waals surface area contributed by atoms with Crippen LogP contribution in [0.2, 0.25) is 0 Å². The highest BCUT2D eigenvalue weighted by Gasteiger charge is 2.38. The lowest BCUT2D eigenvalue weighted by Gasteiger charge is -2.24. The number of carbonyl (C=O) groups is 2. The normalized spacial score (nSPS) is 29.6. The third kappa shape index (κ3) is 5.85. The average Bonchev–Trinajstić information content (AvgIpc) is 2.78. The summed E-state index contributed by atoms with van der Waals surface area (Å²) in [5, 5.41) is 16.4. The van der Waals surface area contributed by atoms with Crippen LogP contribution in [0.1, 0.15) is 60.3 Å². The van der Waals surface area contributed by atoms with Gasteiger partial charge in [-0.2, -0.15) is 0 Å². The zero-order chi connectivity index (χ0) is 17.7. The monoisotopic (exact) mass is 322 g/mol. The zero-order valence-corrected chi connectivity index (χ0v) is 14.9. The van der Waals surface area contributed by atoms with Crippen molar-refractivity contribution in [3.63, 3.8) is 0 Å². The van der Waals surface area contributed by atoms with Crippen LogP contribution in [0.5, 0.6) is 0 Å². The Morgan fingerprint density at radius 1 is 1.17 bits per heavy atom. The van der Waals surface area contributed by atoms with Crippen LogP contribution in [0, 0.1) is 23.7 Å². The van der Waals surface area contributed by atoms with Crippen molar-refractivity contribution >= 4 is 11.9 Å². The molecule has 4 heteroatoms. The molecule has 4 unspecified atom stereocenters. The molecular formula is C19H30O4. The van der Waals surface area contributed by atoms with E-state index >= 15 is 0 Å². The lowest BCUT2D eigenvalue weighted by molar-refractivity contribution is -0.138. The third-order valence-corrected chi connectivity index (χ3v) is 5.10. The molecule has 0 aromatic carbocycles. The number of carboxylic acids is 2. The number of fused-ring (bicyclic) bond motifs is 1. The summed E-state index contributed by atoms with van der Waals surface area (Å²) in [6.45, 7) is 10.0. The summed E-state index contributed by atoms with van der Waals surface area (Å²) in [5.41, 5.74) is 4.54. The summed E-state index contributed by atoms with van der Waals surface area (Å²) in [7, 11) is 0. The predicted octanol–water partition coefficient (Wildman–Crippen LogP) is 4.52. The van der Waals surface area contributed by atoms with Crippen molar-refractivity contribution in [3.05, 3.63) is 22.8 Å². The van der Waals surface area contributed by atoms with Gasteiger partial charge in [0.2, 0.25) is 0 Å². The molecule has 0 spiro atoms. The quantitative estimate of drug-likeness (QED) is 0.733. The van der Waals surface area contributed by atoms with Crippen LogP contribution in [0.3, 0.4) is 0 Å². The van der Waals surface area contributed by atoms with E-state index in [0.29, 0.717) is 11.8 Å². The summed E-state index contributed by atoms with van der Waals surface area (Å²) in [6.07, 6.45) is 5.99. The van der Waals surface area contributed by atoms with Gasteiger partial charge in [0.05, 0.1) is 6.42 Å². The van der Waals surface area contributed by atoms with Crippen molar-refractivity contribution in [1.29, 1.82) is 0 Å². The maximum Gasteiger partial charge on any atom is 0.303 e. The lowest BCUT2D eigenvalue weighted by atomic mass is 9.81. The van der Waals surface area contributed by atoms with Gasteiger partial charge in [0, 0.05) is 6.92 Å². The van der Waals surface area contributed by atoms with Crippen molar-refractivity contribution in [2.75, 3.05) is 0 Å². The molecule has 0 aromatic rings. The van der Waals surface area contributed by atoms with Gasteiger partial charge in [-0.1, -0.05) is 29.7 Å². The van der Waals surface area contributed by atoms with Gasteiger partial charge in [0.15, 0.2) is 0 Å². The van der Waals surface area contributed by atoms with Crippen molar-refractivity contribution in [2.45, 2.75) is 60.3 Å². The molecule has 4 nitrogen and oxygen atoms in total. The minimum atomic E-state index is -0.833. The Bertz CT molecular complexity index is 507. The van der Waals surface area contributed by atoms with E-state index in [-0.39, 0.29) is 12.3 Å². The molecule has 0 amide bonds. The van der Waals surface area contributed by atoms with Gasteiger partial charge in [-0.3, -0.25) is 9.59 Å². The fraction of sp³-hybridized carbons (Fsp3) is 0.684. The second-order valence-electron chi connectivity index (χ2n) is 7.28. The Balaban J connectivity index is 0.000000593. The van der Waals surface area contributed by atoms with Gasteiger partial charge in [-0.05, 0) is 63.7 Å². The molecule has 1 saturated carbocycles. The average molecular weight is 322 g/mol. The number of rotatable bonds is 2. The molecule has 0 radical (unpaired) electrons. The second-order valence-corrected chi connectivity index (χ2v) is 7.28. The summed E-state index contributed by atoms with van der Waals surface area (Å²) in [5.74, 6) is 0.727. The lowest BCUT2D eigenvalue weighted by Crippen LogP contribution is -2.17. The first-order chi connectivity index (χ1) is 10.6. The Morgan fingerprint density at radius 3 is 2.22 bits per heavy atom. The van der Waals surface area contributed by atoms with Gasteiger partial charge in [0.25, 0.3) is 5.97 Å². The first-order valence-corrected chi connectivity index (χ1v) is 8.36. The predicted molar refractivity (Wildman–Crippen MR) is 91.2 cm³/mol. The zero-order valence-electron chi connectivity index (χ0n) is 14.9.